The number of hydrogen-bond donors (Lipinski definition) is 7. The molecule has 0 amide bonds. The van der Waals surface area contributed by atoms with Crippen LogP contribution in [0.2, 0.25) is 0 Å². The van der Waals surface area contributed by atoms with E-state index in [0.29, 0.717) is 45.2 Å². The van der Waals surface area contributed by atoms with E-state index in [0.717, 1.165) is 58.5 Å². The van der Waals surface area contributed by atoms with Gasteiger partial charge in [0.25, 0.3) is 0 Å². The lowest BCUT2D eigenvalue weighted by molar-refractivity contribution is -0.107. The summed E-state index contributed by atoms with van der Waals surface area (Å²) in [5, 5.41) is 12.7. The molecule has 10 heteroatoms. The van der Waals surface area contributed by atoms with Gasteiger partial charge in [0.1, 0.15) is 6.29 Å². The number of rotatable bonds is 13. The highest BCUT2D eigenvalue weighted by molar-refractivity contribution is 5.79. The summed E-state index contributed by atoms with van der Waals surface area (Å²) in [6.07, 6.45) is 7.13. The third-order valence-corrected chi connectivity index (χ3v) is 5.32. The van der Waals surface area contributed by atoms with Crippen LogP contribution in [0, 0.1) is 142 Å². The van der Waals surface area contributed by atoms with Crippen molar-refractivity contribution < 1.29 is 4.79 Å². The predicted octanol–water partition coefficient (Wildman–Crippen LogP) is 1.86. The Kier molecular flexibility index (Phi) is 80.8. The van der Waals surface area contributed by atoms with Gasteiger partial charge in [-0.3, -0.25) is 9.98 Å². The van der Waals surface area contributed by atoms with E-state index in [-0.39, 0.29) is 7.43 Å². The summed E-state index contributed by atoms with van der Waals surface area (Å²) in [5.74, 6) is 63.6. The van der Waals surface area contributed by atoms with Gasteiger partial charge in [0, 0.05) is 45.7 Å². The van der Waals surface area contributed by atoms with Gasteiger partial charge in [0.15, 0.2) is 0 Å². The van der Waals surface area contributed by atoms with Gasteiger partial charge in [0.2, 0.25) is 0 Å². The summed E-state index contributed by atoms with van der Waals surface area (Å²) in [4.78, 5) is 17.2. The number of nitrogens with zero attached hydrogens (tertiary/aromatic N) is 2. The van der Waals surface area contributed by atoms with Gasteiger partial charge in [-0.15, -0.1) is 0 Å². The Morgan fingerprint density at radius 3 is 1.51 bits per heavy atom. The summed E-state index contributed by atoms with van der Waals surface area (Å²) in [6.45, 7) is 22.9. The summed E-state index contributed by atoms with van der Waals surface area (Å²) < 4.78 is 0. The molecule has 0 bridgehead atoms. The maximum absolute atomic E-state index is 9.17. The molecule has 0 aromatic rings. The Balaban J connectivity index is -0.000000160. The molecule has 1 atom stereocenters. The van der Waals surface area contributed by atoms with Crippen molar-refractivity contribution in [2.75, 3.05) is 78.5 Å². The third kappa shape index (κ3) is 86.5. The van der Waals surface area contributed by atoms with Crippen molar-refractivity contribution in [1.82, 2.24) is 21.3 Å². The van der Waals surface area contributed by atoms with Crippen LogP contribution in [-0.2, 0) is 4.79 Å². The van der Waals surface area contributed by atoms with Crippen molar-refractivity contribution in [3.63, 3.8) is 0 Å². The second-order valence-corrected chi connectivity index (χ2v) is 10.1. The minimum atomic E-state index is 0. The second-order valence-electron chi connectivity index (χ2n) is 10.1. The van der Waals surface area contributed by atoms with Crippen molar-refractivity contribution in [2.24, 2.45) is 27.2 Å². The normalized spacial score (nSPS) is 9.57. The third-order valence-electron chi connectivity index (χ3n) is 5.32. The van der Waals surface area contributed by atoms with Gasteiger partial charge in [-0.05, 0) is 179 Å². The van der Waals surface area contributed by atoms with Crippen LogP contribution in [0.25, 0.3) is 0 Å². The molecule has 1 aliphatic heterocycles. The van der Waals surface area contributed by atoms with Crippen LogP contribution in [0.4, 0.5) is 0 Å². The number of aliphatic imine (C=N–C) groups is 2. The smallest absolute Gasteiger partial charge is 0.119 e. The number of nitrogens with two attached hydrogens (primary N) is 3. The number of hydrogen-bond acceptors (Lipinski definition) is 10. The lowest BCUT2D eigenvalue weighted by Crippen LogP contribution is -2.27. The van der Waals surface area contributed by atoms with E-state index in [1.165, 1.54) is 12.6 Å². The molecular formula is C51H69N9O. The second kappa shape index (κ2) is 74.4. The monoisotopic (exact) mass is 824 g/mol. The summed E-state index contributed by atoms with van der Waals surface area (Å²) >= 11 is 0. The van der Waals surface area contributed by atoms with Gasteiger partial charge in [-0.25, -0.2) is 0 Å². The fraction of sp³-hybridized carbons (Fsp3) is 0.471. The lowest BCUT2D eigenvalue weighted by atomic mass is 10.2. The van der Waals surface area contributed by atoms with Crippen LogP contribution < -0.4 is 38.5 Å². The van der Waals surface area contributed by atoms with Crippen LogP contribution in [-0.4, -0.2) is 103 Å². The number of carbonyl (C=O) groups is 1. The first-order valence-corrected chi connectivity index (χ1v) is 19.6. The van der Waals surface area contributed by atoms with E-state index in [1.807, 2.05) is 13.8 Å². The number of aldehydes is 1. The van der Waals surface area contributed by atoms with Gasteiger partial charge < -0.3 is 43.3 Å². The predicted molar refractivity (Wildman–Crippen MR) is 264 cm³/mol. The Morgan fingerprint density at radius 2 is 1.08 bits per heavy atom. The largest absolute Gasteiger partial charge is 0.329 e. The van der Waals surface area contributed by atoms with Gasteiger partial charge in [-0.1, -0.05) is 57.8 Å². The van der Waals surface area contributed by atoms with E-state index in [1.54, 1.807) is 27.0 Å². The molecule has 1 unspecified atom stereocenters. The molecular weight excluding hydrogens is 755 g/mol. The molecule has 10 nitrogen and oxygen atoms in total. The van der Waals surface area contributed by atoms with Crippen LogP contribution in [0.3, 0.4) is 0 Å². The molecule has 61 heavy (non-hydrogen) atoms. The number of likely N-dealkylation sites (N-methyl/N-ethyl adjacent to an activating group) is 2. The molecule has 0 aromatic carbocycles. The highest BCUT2D eigenvalue weighted by Gasteiger charge is 2.09. The minimum Gasteiger partial charge on any atom is -0.329 e. The Labute approximate surface area is 372 Å². The number of carbonyl (C=O) groups excluding carboxylic acids is 1. The van der Waals surface area contributed by atoms with Gasteiger partial charge >= 0.3 is 0 Å². The minimum absolute atomic E-state index is 0. The Hall–Kier alpha value is -6.55. The van der Waals surface area contributed by atoms with E-state index in [2.05, 4.69) is 187 Å². The molecule has 0 radical (unpaired) electrons. The highest BCUT2D eigenvalue weighted by Crippen LogP contribution is 2.02. The molecule has 1 fully saturated rings. The first-order valence-electron chi connectivity index (χ1n) is 19.6. The Morgan fingerprint density at radius 1 is 0.623 bits per heavy atom. The van der Waals surface area contributed by atoms with Crippen LogP contribution in [0.5, 0.6) is 0 Å². The van der Waals surface area contributed by atoms with E-state index < -0.39 is 0 Å². The van der Waals surface area contributed by atoms with Crippen molar-refractivity contribution in [3.05, 3.63) is 0 Å². The first kappa shape index (κ1) is 66.3. The molecule has 1 heterocycles. The molecule has 1 aliphatic rings. The van der Waals surface area contributed by atoms with Crippen LogP contribution >= 0.6 is 0 Å². The molecule has 1 rings (SSSR count). The van der Waals surface area contributed by atoms with Gasteiger partial charge in [-0.2, -0.15) is 0 Å². The van der Waals surface area contributed by atoms with E-state index in [9.17, 15) is 4.79 Å². The molecule has 0 aromatic heterocycles. The standard InChI is InChI=1S/C14H16N2.C14H12N2.C13H11N.C4H12N2.C3H6O.C2H8N2.CH4/c2*1-3-5-6-7-8-9-10-11-12-16-14-13-15-4-2;1-2-3-4-5-6-7-8-10-13-11-9-12-14-13;1-2-6-4-3-5;1-2-3-4;3-1-2-4;/h15-16H,4,12-14H2,1-2H3;4,12H,13-14H2,1-2H3;13-14H,9,11-12H2,1H3;6H,2-5H2,1H3;3H,2H2,1H3;1-4H2;1H4. The fourth-order valence-electron chi connectivity index (χ4n) is 2.79. The quantitative estimate of drug-likeness (QED) is 0.0640. The average molecular weight is 824 g/mol. The average Bonchev–Trinajstić information content (AvgIpc) is 3.81. The van der Waals surface area contributed by atoms with Gasteiger partial charge in [0.05, 0.1) is 31.9 Å². The summed E-state index contributed by atoms with van der Waals surface area (Å²) in [5.41, 5.74) is 15.0. The van der Waals surface area contributed by atoms with E-state index >= 15 is 0 Å². The zero-order chi connectivity index (χ0) is 45.5. The zero-order valence-corrected chi connectivity index (χ0v) is 37.0. The van der Waals surface area contributed by atoms with Crippen molar-refractivity contribution >= 4 is 18.7 Å². The molecule has 324 valence electrons. The van der Waals surface area contributed by atoms with E-state index in [4.69, 9.17) is 17.2 Å². The topological polar surface area (TPSA) is 168 Å². The molecule has 0 spiro atoms. The summed E-state index contributed by atoms with van der Waals surface area (Å²) in [6, 6.07) is 0.327. The molecule has 1 saturated heterocycles. The zero-order valence-electron chi connectivity index (χ0n) is 37.0. The molecule has 0 aliphatic carbocycles. The van der Waals surface area contributed by atoms with Crippen molar-refractivity contribution in [2.45, 2.75) is 81.2 Å². The van der Waals surface area contributed by atoms with Crippen LogP contribution in [0.1, 0.15) is 75.2 Å². The summed E-state index contributed by atoms with van der Waals surface area (Å²) in [7, 11) is 0. The maximum atomic E-state index is 9.17. The molecule has 0 saturated carbocycles. The number of nitrogens with one attached hydrogen (secondary N) is 4. The maximum Gasteiger partial charge on any atom is 0.119 e. The van der Waals surface area contributed by atoms with Crippen LogP contribution in [0.15, 0.2) is 9.98 Å². The SMILES string of the molecule is C.CC#CC#CC#CC#CC1CCCN1.CC#CC#CC#CC#CC=NCCN=CC.CC#CC#CC#CC#CCNCCNCC.CCC=O.CCNCCN.NCCN. The first-order chi connectivity index (χ1) is 29.5. The highest BCUT2D eigenvalue weighted by atomic mass is 16.1. The Bertz CT molecular complexity index is 1900. The van der Waals surface area contributed by atoms with Crippen molar-refractivity contribution in [3.8, 4) is 142 Å². The fourth-order valence-corrected chi connectivity index (χ4v) is 2.79. The van der Waals surface area contributed by atoms with Crippen molar-refractivity contribution in [1.29, 1.82) is 0 Å². The molecule has 10 N–H and O–H groups in total. The lowest BCUT2D eigenvalue weighted by Gasteiger charge is -1.99.